The van der Waals surface area contributed by atoms with Crippen LogP contribution in [0.15, 0.2) is 30.3 Å². The zero-order valence-electron chi connectivity index (χ0n) is 16.7. The predicted molar refractivity (Wildman–Crippen MR) is 103 cm³/mol. The fourth-order valence-corrected chi connectivity index (χ4v) is 4.96. The lowest BCUT2D eigenvalue weighted by Gasteiger charge is -2.39. The molecule has 1 unspecified atom stereocenters. The van der Waals surface area contributed by atoms with Crippen LogP contribution in [0.25, 0.3) is 0 Å². The highest BCUT2D eigenvalue weighted by Crippen LogP contribution is 2.66. The van der Waals surface area contributed by atoms with Crippen molar-refractivity contribution in [2.45, 2.75) is 64.7 Å². The summed E-state index contributed by atoms with van der Waals surface area (Å²) < 4.78 is 0. The van der Waals surface area contributed by atoms with Gasteiger partial charge in [-0.05, 0) is 46.1 Å². The minimum absolute atomic E-state index is 0.141. The molecule has 3 rings (SSSR count). The van der Waals surface area contributed by atoms with Gasteiger partial charge in [-0.15, -0.1) is 0 Å². The Hall–Kier alpha value is -2.57. The minimum atomic E-state index is -1.15. The van der Waals surface area contributed by atoms with E-state index in [1.165, 1.54) is 4.90 Å². The number of aliphatic carboxylic acids is 2. The summed E-state index contributed by atoms with van der Waals surface area (Å²) in [6, 6.07) is 6.28. The van der Waals surface area contributed by atoms with E-state index in [0.717, 1.165) is 0 Å². The molecule has 1 saturated carbocycles. The molecule has 0 bridgehead atoms. The highest BCUT2D eigenvalue weighted by atomic mass is 16.4. The second kappa shape index (κ2) is 7.11. The Labute approximate surface area is 164 Å². The van der Waals surface area contributed by atoms with Crippen molar-refractivity contribution in [1.82, 2.24) is 9.80 Å². The first-order valence-electron chi connectivity index (χ1n) is 9.74. The Bertz CT molecular complexity index is 764. The van der Waals surface area contributed by atoms with Crippen LogP contribution >= 0.6 is 0 Å². The third-order valence-corrected chi connectivity index (χ3v) is 6.08. The SMILES string of the molecule is CC(C)N(C(=O)N1C(c2ccccc2)[C@H](C(=O)O)C2(CC2)[C@@H]1C(=O)O)C(C)C. The van der Waals surface area contributed by atoms with Gasteiger partial charge in [0.15, 0.2) is 0 Å². The summed E-state index contributed by atoms with van der Waals surface area (Å²) in [4.78, 5) is 41.1. The molecule has 1 aromatic rings. The van der Waals surface area contributed by atoms with Gasteiger partial charge < -0.3 is 20.0 Å². The topological polar surface area (TPSA) is 98.2 Å². The molecule has 1 spiro atoms. The number of hydrogen-bond donors (Lipinski definition) is 2. The summed E-state index contributed by atoms with van der Waals surface area (Å²) in [5.41, 5.74) is -0.251. The Morgan fingerprint density at radius 3 is 1.93 bits per heavy atom. The number of urea groups is 1. The number of carboxylic acids is 2. The maximum atomic E-state index is 13.6. The molecule has 152 valence electrons. The Balaban J connectivity index is 2.18. The Morgan fingerprint density at radius 1 is 1.00 bits per heavy atom. The van der Waals surface area contributed by atoms with E-state index in [2.05, 4.69) is 0 Å². The lowest BCUT2D eigenvalue weighted by molar-refractivity contribution is -0.145. The molecule has 1 saturated heterocycles. The summed E-state index contributed by atoms with van der Waals surface area (Å²) in [6.45, 7) is 7.51. The van der Waals surface area contributed by atoms with Crippen LogP contribution in [0, 0.1) is 11.3 Å². The number of carbonyl (C=O) groups is 3. The molecule has 1 aliphatic carbocycles. The van der Waals surface area contributed by atoms with E-state index in [1.807, 2.05) is 33.8 Å². The quantitative estimate of drug-likeness (QED) is 0.807. The molecule has 7 nitrogen and oxygen atoms in total. The number of carboxylic acid groups (broad SMARTS) is 2. The van der Waals surface area contributed by atoms with Crippen LogP contribution in [0.5, 0.6) is 0 Å². The van der Waals surface area contributed by atoms with Crippen molar-refractivity contribution in [2.75, 3.05) is 0 Å². The first-order valence-corrected chi connectivity index (χ1v) is 9.74. The highest BCUT2D eigenvalue weighted by molar-refractivity contribution is 5.89. The number of likely N-dealkylation sites (tertiary alicyclic amines) is 1. The van der Waals surface area contributed by atoms with Crippen LogP contribution in [-0.4, -0.2) is 56.1 Å². The van der Waals surface area contributed by atoms with E-state index in [9.17, 15) is 24.6 Å². The first-order chi connectivity index (χ1) is 13.1. The number of amides is 2. The summed E-state index contributed by atoms with van der Waals surface area (Å²) in [5, 5.41) is 20.1. The fourth-order valence-electron chi connectivity index (χ4n) is 4.96. The van der Waals surface area contributed by atoms with E-state index in [-0.39, 0.29) is 12.1 Å². The van der Waals surface area contributed by atoms with Gasteiger partial charge in [0, 0.05) is 17.5 Å². The molecule has 2 aliphatic rings. The molecule has 3 atom stereocenters. The molecule has 28 heavy (non-hydrogen) atoms. The Morgan fingerprint density at radius 2 is 1.54 bits per heavy atom. The molecule has 0 radical (unpaired) electrons. The summed E-state index contributed by atoms with van der Waals surface area (Å²) in [7, 11) is 0. The molecule has 2 fully saturated rings. The van der Waals surface area contributed by atoms with Crippen LogP contribution in [0.4, 0.5) is 4.79 Å². The van der Waals surface area contributed by atoms with Gasteiger partial charge in [-0.1, -0.05) is 30.3 Å². The maximum Gasteiger partial charge on any atom is 0.327 e. The second-order valence-electron chi connectivity index (χ2n) is 8.43. The molecule has 2 amide bonds. The number of nitrogens with zero attached hydrogens (tertiary/aromatic N) is 2. The van der Waals surface area contributed by atoms with Crippen molar-refractivity contribution < 1.29 is 24.6 Å². The van der Waals surface area contributed by atoms with E-state index in [0.29, 0.717) is 18.4 Å². The number of hydrogen-bond acceptors (Lipinski definition) is 3. The van der Waals surface area contributed by atoms with Gasteiger partial charge in [0.05, 0.1) is 12.0 Å². The maximum absolute atomic E-state index is 13.6. The van der Waals surface area contributed by atoms with Gasteiger partial charge in [-0.3, -0.25) is 4.79 Å². The lowest BCUT2D eigenvalue weighted by Crippen LogP contribution is -2.54. The van der Waals surface area contributed by atoms with Crippen LogP contribution < -0.4 is 0 Å². The third kappa shape index (κ3) is 3.02. The average molecular weight is 388 g/mol. The standard InChI is InChI=1S/C21H28N2O5/c1-12(2)22(13(3)4)20(28)23-16(14-8-6-5-7-9-14)15(18(24)25)21(10-11-21)17(23)19(26)27/h5-9,12-13,15-17H,10-11H2,1-4H3,(H,24,25)(H,26,27)/t15-,16?,17+/m1/s1. The van der Waals surface area contributed by atoms with Crippen LogP contribution in [-0.2, 0) is 9.59 Å². The number of carbonyl (C=O) groups excluding carboxylic acids is 1. The van der Waals surface area contributed by atoms with Gasteiger partial charge in [0.2, 0.25) is 0 Å². The van der Waals surface area contributed by atoms with Crippen molar-refractivity contribution in [1.29, 1.82) is 0 Å². The van der Waals surface area contributed by atoms with Crippen molar-refractivity contribution >= 4 is 18.0 Å². The summed E-state index contributed by atoms with van der Waals surface area (Å²) in [6.07, 6.45) is 0.995. The van der Waals surface area contributed by atoms with Crippen molar-refractivity contribution in [3.8, 4) is 0 Å². The van der Waals surface area contributed by atoms with Crippen molar-refractivity contribution in [3.63, 3.8) is 0 Å². The van der Waals surface area contributed by atoms with Gasteiger partial charge >= 0.3 is 18.0 Å². The number of rotatable bonds is 5. The normalized spacial score (nSPS) is 25.4. The Kier molecular flexibility index (Phi) is 5.12. The van der Waals surface area contributed by atoms with E-state index in [4.69, 9.17) is 0 Å². The van der Waals surface area contributed by atoms with E-state index >= 15 is 0 Å². The van der Waals surface area contributed by atoms with Crippen molar-refractivity contribution in [2.24, 2.45) is 11.3 Å². The van der Waals surface area contributed by atoms with Crippen molar-refractivity contribution in [3.05, 3.63) is 35.9 Å². The van der Waals surface area contributed by atoms with Gasteiger partial charge in [-0.25, -0.2) is 9.59 Å². The molecule has 0 aromatic heterocycles. The largest absolute Gasteiger partial charge is 0.481 e. The molecular formula is C21H28N2O5. The van der Waals surface area contributed by atoms with E-state index in [1.54, 1.807) is 29.2 Å². The molecule has 2 N–H and O–H groups in total. The summed E-state index contributed by atoms with van der Waals surface area (Å²) >= 11 is 0. The molecule has 1 aromatic carbocycles. The first kappa shape index (κ1) is 20.2. The van der Waals surface area contributed by atoms with Gasteiger partial charge in [-0.2, -0.15) is 0 Å². The smallest absolute Gasteiger partial charge is 0.327 e. The minimum Gasteiger partial charge on any atom is -0.481 e. The highest BCUT2D eigenvalue weighted by Gasteiger charge is 2.72. The second-order valence-corrected chi connectivity index (χ2v) is 8.43. The molecule has 7 heteroatoms. The van der Waals surface area contributed by atoms with Gasteiger partial charge in [0.25, 0.3) is 0 Å². The number of benzene rings is 1. The predicted octanol–water partition coefficient (Wildman–Crippen LogP) is 3.22. The third-order valence-electron chi connectivity index (χ3n) is 6.08. The summed E-state index contributed by atoms with van der Waals surface area (Å²) in [5.74, 6) is -3.13. The molecule has 1 heterocycles. The molecule has 1 aliphatic heterocycles. The monoisotopic (exact) mass is 388 g/mol. The van der Waals surface area contributed by atoms with Crippen LogP contribution in [0.3, 0.4) is 0 Å². The lowest BCUT2D eigenvalue weighted by atomic mass is 9.81. The van der Waals surface area contributed by atoms with Gasteiger partial charge in [0.1, 0.15) is 6.04 Å². The molecular weight excluding hydrogens is 360 g/mol. The zero-order chi connectivity index (χ0) is 20.8. The fraction of sp³-hybridized carbons (Fsp3) is 0.571. The van der Waals surface area contributed by atoms with E-state index < -0.39 is 41.4 Å². The van der Waals surface area contributed by atoms with Crippen LogP contribution in [0.1, 0.15) is 52.1 Å². The van der Waals surface area contributed by atoms with Crippen LogP contribution in [0.2, 0.25) is 0 Å². The zero-order valence-corrected chi connectivity index (χ0v) is 16.7. The average Bonchev–Trinajstić information content (AvgIpc) is 3.29.